The highest BCUT2D eigenvalue weighted by Gasteiger charge is 2.60. The maximum atomic E-state index is 12.1. The molecule has 0 heterocycles. The van der Waals surface area contributed by atoms with Gasteiger partial charge in [0.1, 0.15) is 5.78 Å². The van der Waals surface area contributed by atoms with Crippen LogP contribution in [0, 0.1) is 52.3 Å². The third-order valence-corrected chi connectivity index (χ3v) is 10.7. The highest BCUT2D eigenvalue weighted by atomic mass is 16.1. The van der Waals surface area contributed by atoms with E-state index in [1.165, 1.54) is 64.2 Å². The van der Waals surface area contributed by atoms with Crippen molar-refractivity contribution < 1.29 is 4.79 Å². The van der Waals surface area contributed by atoms with Gasteiger partial charge in [0.25, 0.3) is 0 Å². The van der Waals surface area contributed by atoms with Crippen LogP contribution in [0.4, 0.5) is 0 Å². The molecular formula is C27H46O. The molecule has 0 spiro atoms. The van der Waals surface area contributed by atoms with E-state index >= 15 is 0 Å². The van der Waals surface area contributed by atoms with Crippen LogP contribution in [-0.2, 0) is 4.79 Å². The largest absolute Gasteiger partial charge is 0.300 e. The summed E-state index contributed by atoms with van der Waals surface area (Å²) in [7, 11) is 0. The third kappa shape index (κ3) is 3.41. The van der Waals surface area contributed by atoms with Crippen LogP contribution in [0.3, 0.4) is 0 Å². The van der Waals surface area contributed by atoms with Gasteiger partial charge in [-0.15, -0.1) is 0 Å². The van der Waals surface area contributed by atoms with Gasteiger partial charge in [0, 0.05) is 12.8 Å². The van der Waals surface area contributed by atoms with Crippen molar-refractivity contribution in [3.8, 4) is 0 Å². The lowest BCUT2D eigenvalue weighted by atomic mass is 9.44. The molecule has 4 saturated carbocycles. The van der Waals surface area contributed by atoms with Crippen LogP contribution in [0.15, 0.2) is 0 Å². The van der Waals surface area contributed by atoms with Crippen molar-refractivity contribution in [3.05, 3.63) is 0 Å². The smallest absolute Gasteiger partial charge is 0.133 e. The van der Waals surface area contributed by atoms with Gasteiger partial charge in [-0.2, -0.15) is 0 Å². The van der Waals surface area contributed by atoms with Crippen molar-refractivity contribution in [2.24, 2.45) is 52.3 Å². The summed E-state index contributed by atoms with van der Waals surface area (Å²) in [6.45, 7) is 12.6. The van der Waals surface area contributed by atoms with E-state index in [-0.39, 0.29) is 0 Å². The number of carbonyl (C=O) groups is 1. The Balaban J connectivity index is 1.47. The van der Waals surface area contributed by atoms with Crippen LogP contribution in [0.5, 0.6) is 0 Å². The fraction of sp³-hybridized carbons (Fsp3) is 0.963. The average molecular weight is 387 g/mol. The molecule has 0 aromatic carbocycles. The molecule has 4 fully saturated rings. The van der Waals surface area contributed by atoms with Crippen molar-refractivity contribution >= 4 is 5.78 Å². The zero-order valence-corrected chi connectivity index (χ0v) is 19.4. The Morgan fingerprint density at radius 1 is 0.893 bits per heavy atom. The molecular weight excluding hydrogens is 340 g/mol. The van der Waals surface area contributed by atoms with E-state index in [4.69, 9.17) is 0 Å². The molecule has 0 aromatic heterocycles. The Labute approximate surface area is 174 Å². The van der Waals surface area contributed by atoms with Gasteiger partial charge in [-0.25, -0.2) is 0 Å². The van der Waals surface area contributed by atoms with E-state index < -0.39 is 0 Å². The molecule has 0 N–H and O–H groups in total. The highest BCUT2D eigenvalue weighted by molar-refractivity contribution is 5.79. The lowest BCUT2D eigenvalue weighted by Gasteiger charge is -2.60. The van der Waals surface area contributed by atoms with Gasteiger partial charge in [-0.3, -0.25) is 4.79 Å². The number of ketones is 1. The van der Waals surface area contributed by atoms with Crippen molar-refractivity contribution in [1.29, 1.82) is 0 Å². The minimum absolute atomic E-state index is 0.471. The van der Waals surface area contributed by atoms with Crippen molar-refractivity contribution in [2.45, 2.75) is 112 Å². The van der Waals surface area contributed by atoms with E-state index in [9.17, 15) is 4.79 Å². The van der Waals surface area contributed by atoms with Crippen LogP contribution < -0.4 is 0 Å². The first-order chi connectivity index (χ1) is 13.3. The second-order valence-electron chi connectivity index (χ2n) is 12.4. The number of hydrogen-bond donors (Lipinski definition) is 0. The van der Waals surface area contributed by atoms with E-state index in [1.54, 1.807) is 0 Å². The summed E-state index contributed by atoms with van der Waals surface area (Å²) in [6.07, 6.45) is 15.9. The molecule has 0 unspecified atom stereocenters. The third-order valence-electron chi connectivity index (χ3n) is 10.7. The summed E-state index contributed by atoms with van der Waals surface area (Å²) in [5.74, 6) is 6.82. The van der Waals surface area contributed by atoms with Crippen LogP contribution >= 0.6 is 0 Å². The Morgan fingerprint density at radius 3 is 2.39 bits per heavy atom. The molecule has 28 heavy (non-hydrogen) atoms. The average Bonchev–Trinajstić information content (AvgIpc) is 2.99. The number of Topliss-reactive ketones (excluding diaryl/α,β-unsaturated/α-hetero) is 1. The van der Waals surface area contributed by atoms with Gasteiger partial charge in [0.05, 0.1) is 0 Å². The van der Waals surface area contributed by atoms with E-state index in [2.05, 4.69) is 34.6 Å². The number of fused-ring (bicyclic) bond motifs is 5. The highest BCUT2D eigenvalue weighted by Crippen LogP contribution is 2.68. The zero-order valence-electron chi connectivity index (χ0n) is 19.4. The van der Waals surface area contributed by atoms with Gasteiger partial charge in [0.2, 0.25) is 0 Å². The second-order valence-corrected chi connectivity index (χ2v) is 12.4. The first-order valence-electron chi connectivity index (χ1n) is 12.8. The summed E-state index contributed by atoms with van der Waals surface area (Å²) >= 11 is 0. The fourth-order valence-corrected chi connectivity index (χ4v) is 9.07. The monoisotopic (exact) mass is 386 g/mol. The predicted octanol–water partition coefficient (Wildman–Crippen LogP) is 7.68. The van der Waals surface area contributed by atoms with Crippen LogP contribution in [0.1, 0.15) is 112 Å². The summed E-state index contributed by atoms with van der Waals surface area (Å²) in [4.78, 5) is 12.1. The first kappa shape index (κ1) is 20.9. The van der Waals surface area contributed by atoms with E-state index in [1.807, 2.05) is 0 Å². The molecule has 0 amide bonds. The van der Waals surface area contributed by atoms with Gasteiger partial charge in [-0.1, -0.05) is 53.9 Å². The minimum Gasteiger partial charge on any atom is -0.300 e. The number of hydrogen-bond acceptors (Lipinski definition) is 1. The maximum absolute atomic E-state index is 12.1. The molecule has 8 atom stereocenters. The molecule has 0 aliphatic heterocycles. The van der Waals surface area contributed by atoms with Crippen molar-refractivity contribution in [3.63, 3.8) is 0 Å². The maximum Gasteiger partial charge on any atom is 0.133 e. The quantitative estimate of drug-likeness (QED) is 0.473. The molecule has 4 aliphatic rings. The zero-order chi connectivity index (χ0) is 20.1. The lowest BCUT2D eigenvalue weighted by Crippen LogP contribution is -2.53. The molecule has 0 aromatic rings. The number of carbonyl (C=O) groups excluding carboxylic acids is 1. The van der Waals surface area contributed by atoms with Crippen LogP contribution in [0.25, 0.3) is 0 Å². The Morgan fingerprint density at radius 2 is 1.64 bits per heavy atom. The molecule has 1 heteroatoms. The van der Waals surface area contributed by atoms with Crippen molar-refractivity contribution in [1.82, 2.24) is 0 Å². The Bertz CT molecular complexity index is 579. The van der Waals surface area contributed by atoms with E-state index in [0.717, 1.165) is 48.3 Å². The molecule has 0 radical (unpaired) electrons. The van der Waals surface area contributed by atoms with Gasteiger partial charge >= 0.3 is 0 Å². The SMILES string of the molecule is CC(C)CCC[C@@H](C)[C@@H]1CC[C@H]2[C@H]3CC[C@H]4CC(=O)CC[C@]4(C)[C@@H]3CC[C@@]21C. The summed E-state index contributed by atoms with van der Waals surface area (Å²) in [5, 5.41) is 0. The topological polar surface area (TPSA) is 17.1 Å². The molecule has 4 aliphatic carbocycles. The second kappa shape index (κ2) is 7.73. The molecule has 0 bridgehead atoms. The summed E-state index contributed by atoms with van der Waals surface area (Å²) in [6, 6.07) is 0. The molecule has 160 valence electrons. The molecule has 0 saturated heterocycles. The molecule has 4 rings (SSSR count). The molecule has 1 nitrogen and oxygen atoms in total. The minimum atomic E-state index is 0.471. The fourth-order valence-electron chi connectivity index (χ4n) is 9.07. The predicted molar refractivity (Wildman–Crippen MR) is 118 cm³/mol. The Hall–Kier alpha value is -0.330. The number of rotatable bonds is 5. The standard InChI is InChI=1S/C27H46O/c1-18(2)7-6-8-19(3)23-11-12-24-22-10-9-20-17-21(28)13-15-26(20,4)25(22)14-16-27(23,24)5/h18-20,22-25H,6-17H2,1-5H3/t19-,20+,22-,23+,24+,25-,26+,27-/m1/s1. The van der Waals surface area contributed by atoms with Gasteiger partial charge in [0.15, 0.2) is 0 Å². The summed E-state index contributed by atoms with van der Waals surface area (Å²) in [5.41, 5.74) is 1.07. The van der Waals surface area contributed by atoms with Gasteiger partial charge < -0.3 is 0 Å². The summed E-state index contributed by atoms with van der Waals surface area (Å²) < 4.78 is 0. The van der Waals surface area contributed by atoms with Crippen molar-refractivity contribution in [2.75, 3.05) is 0 Å². The lowest BCUT2D eigenvalue weighted by molar-refractivity contribution is -0.140. The van der Waals surface area contributed by atoms with Crippen LogP contribution in [0.2, 0.25) is 0 Å². The van der Waals surface area contributed by atoms with Gasteiger partial charge in [-0.05, 0) is 97.2 Å². The van der Waals surface area contributed by atoms with E-state index in [0.29, 0.717) is 22.5 Å². The first-order valence-corrected chi connectivity index (χ1v) is 12.8. The normalized spacial score (nSPS) is 46.8. The Kier molecular flexibility index (Phi) is 5.78. The van der Waals surface area contributed by atoms with Crippen LogP contribution in [-0.4, -0.2) is 5.78 Å².